The van der Waals surface area contributed by atoms with Crippen molar-refractivity contribution in [2.24, 2.45) is 0 Å². The standard InChI is InChI=1S/C11H12BrNO/c1-2-14-7-8-6-13-10-5-3-4-9(12)11(8)10/h3-6,13H,2,7H2,1H3. The Bertz CT molecular complexity index is 436. The molecule has 1 aromatic heterocycles. The summed E-state index contributed by atoms with van der Waals surface area (Å²) < 4.78 is 6.52. The molecule has 0 spiro atoms. The fraction of sp³-hybridized carbons (Fsp3) is 0.273. The summed E-state index contributed by atoms with van der Waals surface area (Å²) in [5.74, 6) is 0. The molecule has 74 valence electrons. The summed E-state index contributed by atoms with van der Waals surface area (Å²) in [4.78, 5) is 3.23. The van der Waals surface area contributed by atoms with Crippen LogP contribution in [0.1, 0.15) is 12.5 Å². The number of benzene rings is 1. The van der Waals surface area contributed by atoms with Gasteiger partial charge in [0.2, 0.25) is 0 Å². The third-order valence-corrected chi connectivity index (χ3v) is 2.86. The first-order chi connectivity index (χ1) is 6.83. The molecule has 2 aromatic rings. The average molecular weight is 254 g/mol. The Morgan fingerprint density at radius 2 is 2.29 bits per heavy atom. The summed E-state index contributed by atoms with van der Waals surface area (Å²) in [7, 11) is 0. The second-order valence-electron chi connectivity index (χ2n) is 3.11. The maximum atomic E-state index is 5.40. The molecule has 0 amide bonds. The van der Waals surface area contributed by atoms with Gasteiger partial charge in [-0.1, -0.05) is 22.0 Å². The number of hydrogen-bond donors (Lipinski definition) is 1. The fourth-order valence-corrected chi connectivity index (χ4v) is 2.15. The molecule has 0 atom stereocenters. The van der Waals surface area contributed by atoms with Gasteiger partial charge in [-0.15, -0.1) is 0 Å². The van der Waals surface area contributed by atoms with E-state index in [4.69, 9.17) is 4.74 Å². The van der Waals surface area contributed by atoms with E-state index in [0.29, 0.717) is 6.61 Å². The highest BCUT2D eigenvalue weighted by Gasteiger charge is 2.05. The number of hydrogen-bond acceptors (Lipinski definition) is 1. The van der Waals surface area contributed by atoms with Gasteiger partial charge >= 0.3 is 0 Å². The van der Waals surface area contributed by atoms with Gasteiger partial charge in [0.1, 0.15) is 0 Å². The van der Waals surface area contributed by atoms with Crippen molar-refractivity contribution in [3.8, 4) is 0 Å². The van der Waals surface area contributed by atoms with Crippen molar-refractivity contribution in [3.63, 3.8) is 0 Å². The third-order valence-electron chi connectivity index (χ3n) is 2.20. The molecule has 0 aliphatic rings. The molecule has 14 heavy (non-hydrogen) atoms. The summed E-state index contributed by atoms with van der Waals surface area (Å²) in [6, 6.07) is 6.13. The largest absolute Gasteiger partial charge is 0.377 e. The van der Waals surface area contributed by atoms with Gasteiger partial charge < -0.3 is 9.72 Å². The third kappa shape index (κ3) is 1.70. The van der Waals surface area contributed by atoms with Crippen molar-refractivity contribution in [1.29, 1.82) is 0 Å². The molecule has 0 fully saturated rings. The van der Waals surface area contributed by atoms with Crippen molar-refractivity contribution in [2.45, 2.75) is 13.5 Å². The Balaban J connectivity index is 2.45. The van der Waals surface area contributed by atoms with Gasteiger partial charge in [0.25, 0.3) is 0 Å². The second-order valence-corrected chi connectivity index (χ2v) is 3.97. The van der Waals surface area contributed by atoms with E-state index in [9.17, 15) is 0 Å². The number of aromatic nitrogens is 1. The van der Waals surface area contributed by atoms with Crippen LogP contribution in [0.2, 0.25) is 0 Å². The fourth-order valence-electron chi connectivity index (χ4n) is 1.53. The van der Waals surface area contributed by atoms with Gasteiger partial charge in [0.15, 0.2) is 0 Å². The van der Waals surface area contributed by atoms with Crippen LogP contribution in [-0.2, 0) is 11.3 Å². The molecule has 0 radical (unpaired) electrons. The Labute approximate surface area is 91.4 Å². The highest BCUT2D eigenvalue weighted by atomic mass is 79.9. The molecule has 0 unspecified atom stereocenters. The Kier molecular flexibility index (Phi) is 2.89. The van der Waals surface area contributed by atoms with E-state index in [1.165, 1.54) is 10.9 Å². The monoisotopic (exact) mass is 253 g/mol. The summed E-state index contributed by atoms with van der Waals surface area (Å²) in [6.45, 7) is 3.42. The molecule has 0 saturated heterocycles. The molecule has 0 saturated carbocycles. The van der Waals surface area contributed by atoms with Crippen LogP contribution in [0, 0.1) is 0 Å². The minimum Gasteiger partial charge on any atom is -0.377 e. The molecule has 0 aliphatic carbocycles. The zero-order chi connectivity index (χ0) is 9.97. The van der Waals surface area contributed by atoms with Gasteiger partial charge in [-0.05, 0) is 19.1 Å². The van der Waals surface area contributed by atoms with Crippen LogP contribution in [-0.4, -0.2) is 11.6 Å². The van der Waals surface area contributed by atoms with Gasteiger partial charge in [0, 0.05) is 33.7 Å². The Morgan fingerprint density at radius 3 is 3.07 bits per heavy atom. The van der Waals surface area contributed by atoms with E-state index in [1.54, 1.807) is 0 Å². The Morgan fingerprint density at radius 1 is 1.43 bits per heavy atom. The van der Waals surface area contributed by atoms with E-state index in [-0.39, 0.29) is 0 Å². The highest BCUT2D eigenvalue weighted by Crippen LogP contribution is 2.27. The average Bonchev–Trinajstić information content (AvgIpc) is 2.59. The van der Waals surface area contributed by atoms with Crippen molar-refractivity contribution in [3.05, 3.63) is 34.4 Å². The van der Waals surface area contributed by atoms with E-state index in [2.05, 4.69) is 27.0 Å². The van der Waals surface area contributed by atoms with Crippen LogP contribution < -0.4 is 0 Å². The molecule has 0 bridgehead atoms. The number of halogens is 1. The highest BCUT2D eigenvalue weighted by molar-refractivity contribution is 9.10. The number of ether oxygens (including phenoxy) is 1. The molecule has 3 heteroatoms. The molecule has 1 aromatic carbocycles. The molecule has 2 nitrogen and oxygen atoms in total. The smallest absolute Gasteiger partial charge is 0.0737 e. The van der Waals surface area contributed by atoms with Gasteiger partial charge in [0.05, 0.1) is 6.61 Å². The van der Waals surface area contributed by atoms with Crippen LogP contribution >= 0.6 is 15.9 Å². The van der Waals surface area contributed by atoms with Crippen LogP contribution in [0.5, 0.6) is 0 Å². The summed E-state index contributed by atoms with van der Waals surface area (Å²) in [6.07, 6.45) is 2.01. The Hall–Kier alpha value is -0.800. The number of fused-ring (bicyclic) bond motifs is 1. The lowest BCUT2D eigenvalue weighted by Gasteiger charge is -2.00. The van der Waals surface area contributed by atoms with E-state index < -0.39 is 0 Å². The lowest BCUT2D eigenvalue weighted by molar-refractivity contribution is 0.135. The maximum absolute atomic E-state index is 5.40. The zero-order valence-electron chi connectivity index (χ0n) is 8.01. The number of rotatable bonds is 3. The lowest BCUT2D eigenvalue weighted by atomic mass is 10.2. The van der Waals surface area contributed by atoms with E-state index in [1.807, 2.05) is 25.3 Å². The first-order valence-electron chi connectivity index (χ1n) is 4.65. The minimum atomic E-state index is 0.666. The maximum Gasteiger partial charge on any atom is 0.0737 e. The zero-order valence-corrected chi connectivity index (χ0v) is 9.60. The van der Waals surface area contributed by atoms with Gasteiger partial charge in [-0.2, -0.15) is 0 Å². The predicted molar refractivity (Wildman–Crippen MR) is 61.3 cm³/mol. The van der Waals surface area contributed by atoms with Crippen LogP contribution in [0.25, 0.3) is 10.9 Å². The van der Waals surface area contributed by atoms with Crippen molar-refractivity contribution < 1.29 is 4.74 Å². The van der Waals surface area contributed by atoms with Gasteiger partial charge in [-0.3, -0.25) is 0 Å². The molecule has 0 aliphatic heterocycles. The first kappa shape index (κ1) is 9.74. The normalized spacial score (nSPS) is 11.0. The van der Waals surface area contributed by atoms with Crippen LogP contribution in [0.15, 0.2) is 28.9 Å². The minimum absolute atomic E-state index is 0.666. The summed E-state index contributed by atoms with van der Waals surface area (Å²) >= 11 is 3.54. The quantitative estimate of drug-likeness (QED) is 0.891. The number of H-pyrrole nitrogens is 1. The summed E-state index contributed by atoms with van der Waals surface area (Å²) in [5, 5.41) is 1.22. The molecular weight excluding hydrogens is 242 g/mol. The molecular formula is C11H12BrNO. The van der Waals surface area contributed by atoms with Crippen molar-refractivity contribution in [2.75, 3.05) is 6.61 Å². The number of aromatic amines is 1. The lowest BCUT2D eigenvalue weighted by Crippen LogP contribution is -1.90. The van der Waals surface area contributed by atoms with E-state index in [0.717, 1.165) is 16.6 Å². The molecule has 1 N–H and O–H groups in total. The van der Waals surface area contributed by atoms with Crippen molar-refractivity contribution in [1.82, 2.24) is 4.98 Å². The predicted octanol–water partition coefficient (Wildman–Crippen LogP) is 3.47. The summed E-state index contributed by atoms with van der Waals surface area (Å²) in [5.41, 5.74) is 2.35. The van der Waals surface area contributed by atoms with Crippen LogP contribution in [0.4, 0.5) is 0 Å². The SMILES string of the molecule is CCOCc1c[nH]c2cccc(Br)c12. The van der Waals surface area contributed by atoms with E-state index >= 15 is 0 Å². The second kappa shape index (κ2) is 4.15. The van der Waals surface area contributed by atoms with Crippen LogP contribution in [0.3, 0.4) is 0 Å². The van der Waals surface area contributed by atoms with Gasteiger partial charge in [-0.25, -0.2) is 0 Å². The first-order valence-corrected chi connectivity index (χ1v) is 5.44. The molecule has 2 rings (SSSR count). The van der Waals surface area contributed by atoms with Crippen molar-refractivity contribution >= 4 is 26.8 Å². The molecule has 1 heterocycles. The topological polar surface area (TPSA) is 25.0 Å². The number of nitrogens with one attached hydrogen (secondary N) is 1.